The maximum absolute atomic E-state index is 12.5. The van der Waals surface area contributed by atoms with Gasteiger partial charge in [-0.05, 0) is 42.0 Å². The molecule has 2 aromatic carbocycles. The molecule has 0 amide bonds. The fourth-order valence-electron chi connectivity index (χ4n) is 2.26. The summed E-state index contributed by atoms with van der Waals surface area (Å²) in [5, 5.41) is 9.47. The van der Waals surface area contributed by atoms with Crippen molar-refractivity contribution in [1.29, 1.82) is 0 Å². The molecule has 1 heterocycles. The summed E-state index contributed by atoms with van der Waals surface area (Å²) in [5.41, 5.74) is 1.79. The van der Waals surface area contributed by atoms with E-state index in [-0.39, 0.29) is 18.1 Å². The van der Waals surface area contributed by atoms with Gasteiger partial charge in [-0.15, -0.1) is 0 Å². The maximum Gasteiger partial charge on any atom is 0.196 e. The molecule has 0 atom stereocenters. The van der Waals surface area contributed by atoms with Crippen molar-refractivity contribution in [3.8, 4) is 17.2 Å². The number of hydrogen-bond donors (Lipinski definition) is 1. The van der Waals surface area contributed by atoms with Crippen LogP contribution in [0.5, 0.6) is 17.2 Å². The second kappa shape index (κ2) is 5.32. The number of fused-ring (bicyclic) bond motifs is 1. The molecule has 0 fully saturated rings. The molecule has 4 nitrogen and oxygen atoms in total. The van der Waals surface area contributed by atoms with Gasteiger partial charge in [0.1, 0.15) is 23.9 Å². The second-order valence-electron chi connectivity index (χ2n) is 4.74. The minimum atomic E-state index is -0.0847. The minimum Gasteiger partial charge on any atom is -0.508 e. The largest absolute Gasteiger partial charge is 0.508 e. The summed E-state index contributed by atoms with van der Waals surface area (Å²) in [4.78, 5) is 12.5. The van der Waals surface area contributed by atoms with Gasteiger partial charge in [0.2, 0.25) is 0 Å². The molecule has 0 bridgehead atoms. The highest BCUT2D eigenvalue weighted by atomic mass is 16.5. The number of benzene rings is 2. The van der Waals surface area contributed by atoms with Crippen molar-refractivity contribution >= 4 is 11.9 Å². The molecule has 0 spiro atoms. The third-order valence-electron chi connectivity index (χ3n) is 3.32. The number of Topliss-reactive ketones (excluding diaryl/α,β-unsaturated/α-hetero) is 1. The number of phenols is 1. The van der Waals surface area contributed by atoms with Gasteiger partial charge in [-0.2, -0.15) is 0 Å². The highest BCUT2D eigenvalue weighted by Gasteiger charge is 2.23. The van der Waals surface area contributed by atoms with Crippen LogP contribution in [0.4, 0.5) is 0 Å². The predicted molar refractivity (Wildman–Crippen MR) is 78.9 cm³/mol. The third-order valence-corrected chi connectivity index (χ3v) is 3.32. The molecule has 1 N–H and O–H groups in total. The molecule has 3 rings (SSSR count). The second-order valence-corrected chi connectivity index (χ2v) is 4.74. The van der Waals surface area contributed by atoms with E-state index in [2.05, 4.69) is 0 Å². The van der Waals surface area contributed by atoms with Crippen LogP contribution < -0.4 is 9.47 Å². The van der Waals surface area contributed by atoms with Crippen LogP contribution >= 0.6 is 0 Å². The van der Waals surface area contributed by atoms with E-state index in [0.29, 0.717) is 22.6 Å². The number of phenolic OH excluding ortho intramolecular Hbond substituents is 1. The fraction of sp³-hybridized carbons (Fsp3) is 0.118. The quantitative estimate of drug-likeness (QED) is 0.860. The molecule has 0 saturated carbocycles. The van der Waals surface area contributed by atoms with Crippen LogP contribution in [0.15, 0.2) is 48.0 Å². The minimum absolute atomic E-state index is 0.0847. The van der Waals surface area contributed by atoms with Crippen molar-refractivity contribution in [1.82, 2.24) is 0 Å². The SMILES string of the molecule is COc1ccc2c(c1)C(=O)/C(=C\c1cccc(O)c1)CO2. The Labute approximate surface area is 122 Å². The summed E-state index contributed by atoms with van der Waals surface area (Å²) in [7, 11) is 1.55. The summed E-state index contributed by atoms with van der Waals surface area (Å²) in [5.74, 6) is 1.26. The van der Waals surface area contributed by atoms with E-state index in [0.717, 1.165) is 5.56 Å². The Morgan fingerprint density at radius 2 is 2.10 bits per heavy atom. The summed E-state index contributed by atoms with van der Waals surface area (Å²) in [6.45, 7) is 0.216. The van der Waals surface area contributed by atoms with Gasteiger partial charge in [0.25, 0.3) is 0 Å². The Morgan fingerprint density at radius 1 is 1.24 bits per heavy atom. The van der Waals surface area contributed by atoms with Crippen LogP contribution in [0.25, 0.3) is 6.08 Å². The lowest BCUT2D eigenvalue weighted by molar-refractivity contribution is 0.100. The van der Waals surface area contributed by atoms with E-state index in [1.165, 1.54) is 0 Å². The Kier molecular flexibility index (Phi) is 3.36. The summed E-state index contributed by atoms with van der Waals surface area (Å²) < 4.78 is 10.7. The van der Waals surface area contributed by atoms with E-state index in [4.69, 9.17) is 9.47 Å². The van der Waals surface area contributed by atoms with Crippen molar-refractivity contribution in [2.75, 3.05) is 13.7 Å². The Hall–Kier alpha value is -2.75. The van der Waals surface area contributed by atoms with Gasteiger partial charge in [0, 0.05) is 5.57 Å². The van der Waals surface area contributed by atoms with E-state index in [1.807, 2.05) is 6.07 Å². The molecule has 0 aliphatic carbocycles. The first-order valence-corrected chi connectivity index (χ1v) is 6.52. The first-order valence-electron chi connectivity index (χ1n) is 6.52. The Bertz CT molecular complexity index is 731. The van der Waals surface area contributed by atoms with Crippen LogP contribution in [-0.4, -0.2) is 24.6 Å². The van der Waals surface area contributed by atoms with E-state index in [9.17, 15) is 9.90 Å². The number of methoxy groups -OCH3 is 1. The number of carbonyl (C=O) groups is 1. The van der Waals surface area contributed by atoms with Gasteiger partial charge >= 0.3 is 0 Å². The van der Waals surface area contributed by atoms with Gasteiger partial charge in [-0.25, -0.2) is 0 Å². The average molecular weight is 282 g/mol. The molecule has 2 aromatic rings. The third kappa shape index (κ3) is 2.60. The zero-order valence-electron chi connectivity index (χ0n) is 11.5. The number of ether oxygens (including phenoxy) is 2. The van der Waals surface area contributed by atoms with Crippen LogP contribution in [0.1, 0.15) is 15.9 Å². The van der Waals surface area contributed by atoms with Gasteiger partial charge in [-0.3, -0.25) is 4.79 Å². The van der Waals surface area contributed by atoms with Crippen molar-refractivity contribution < 1.29 is 19.4 Å². The predicted octanol–water partition coefficient (Wildman–Crippen LogP) is 3.06. The lowest BCUT2D eigenvalue weighted by Crippen LogP contribution is -2.19. The first-order chi connectivity index (χ1) is 10.2. The fourth-order valence-corrected chi connectivity index (χ4v) is 2.26. The molecular formula is C17H14O4. The number of aromatic hydroxyl groups is 1. The van der Waals surface area contributed by atoms with E-state index < -0.39 is 0 Å². The topological polar surface area (TPSA) is 55.8 Å². The molecule has 0 saturated heterocycles. The van der Waals surface area contributed by atoms with Crippen molar-refractivity contribution in [3.63, 3.8) is 0 Å². The highest BCUT2D eigenvalue weighted by molar-refractivity contribution is 6.14. The summed E-state index contributed by atoms with van der Waals surface area (Å²) in [6, 6.07) is 11.9. The van der Waals surface area contributed by atoms with Crippen LogP contribution in [-0.2, 0) is 0 Å². The standard InChI is InChI=1S/C17H14O4/c1-20-14-5-6-16-15(9-14)17(19)12(10-21-16)7-11-3-2-4-13(18)8-11/h2-9,18H,10H2,1H3/b12-7-. The van der Waals surface area contributed by atoms with E-state index in [1.54, 1.807) is 49.6 Å². The van der Waals surface area contributed by atoms with E-state index >= 15 is 0 Å². The zero-order valence-corrected chi connectivity index (χ0v) is 11.5. The lowest BCUT2D eigenvalue weighted by Gasteiger charge is -2.19. The average Bonchev–Trinajstić information content (AvgIpc) is 2.50. The van der Waals surface area contributed by atoms with Crippen LogP contribution in [0.2, 0.25) is 0 Å². The number of hydrogen-bond acceptors (Lipinski definition) is 4. The van der Waals surface area contributed by atoms with Crippen molar-refractivity contribution in [2.24, 2.45) is 0 Å². The summed E-state index contributed by atoms with van der Waals surface area (Å²) >= 11 is 0. The monoisotopic (exact) mass is 282 g/mol. The van der Waals surface area contributed by atoms with Gasteiger partial charge in [0.15, 0.2) is 5.78 Å². The van der Waals surface area contributed by atoms with Gasteiger partial charge in [0.05, 0.1) is 12.7 Å². The van der Waals surface area contributed by atoms with Crippen molar-refractivity contribution in [3.05, 3.63) is 59.2 Å². The normalized spacial score (nSPS) is 15.5. The molecule has 4 heteroatoms. The van der Waals surface area contributed by atoms with Gasteiger partial charge < -0.3 is 14.6 Å². The zero-order chi connectivity index (χ0) is 14.8. The van der Waals surface area contributed by atoms with Gasteiger partial charge in [-0.1, -0.05) is 12.1 Å². The van der Waals surface area contributed by atoms with Crippen molar-refractivity contribution in [2.45, 2.75) is 0 Å². The Morgan fingerprint density at radius 3 is 2.86 bits per heavy atom. The maximum atomic E-state index is 12.5. The molecule has 0 unspecified atom stereocenters. The molecule has 1 aliphatic heterocycles. The summed E-state index contributed by atoms with van der Waals surface area (Å²) in [6.07, 6.45) is 1.73. The molecule has 106 valence electrons. The Balaban J connectivity index is 1.98. The molecular weight excluding hydrogens is 268 g/mol. The molecule has 21 heavy (non-hydrogen) atoms. The molecule has 1 aliphatic rings. The van der Waals surface area contributed by atoms with Crippen LogP contribution in [0.3, 0.4) is 0 Å². The number of rotatable bonds is 2. The highest BCUT2D eigenvalue weighted by Crippen LogP contribution is 2.31. The smallest absolute Gasteiger partial charge is 0.196 e. The first kappa shape index (κ1) is 13.2. The molecule has 0 aromatic heterocycles. The van der Waals surface area contributed by atoms with Crippen LogP contribution in [0, 0.1) is 0 Å². The lowest BCUT2D eigenvalue weighted by atomic mass is 9.98. The number of carbonyl (C=O) groups excluding carboxylic acids is 1. The molecule has 0 radical (unpaired) electrons. The number of ketones is 1.